The summed E-state index contributed by atoms with van der Waals surface area (Å²) in [5.41, 5.74) is 1.03. The summed E-state index contributed by atoms with van der Waals surface area (Å²) < 4.78 is 18.2. The topological polar surface area (TPSA) is 41.5 Å². The van der Waals surface area contributed by atoms with Crippen LogP contribution < -0.4 is 5.32 Å². The van der Waals surface area contributed by atoms with Gasteiger partial charge in [-0.2, -0.15) is 0 Å². The van der Waals surface area contributed by atoms with Crippen LogP contribution in [0.1, 0.15) is 43.7 Å². The minimum Gasteiger partial charge on any atom is -0.392 e. The van der Waals surface area contributed by atoms with E-state index in [0.29, 0.717) is 19.1 Å². The summed E-state index contributed by atoms with van der Waals surface area (Å²) in [7, 11) is 1.68. The largest absolute Gasteiger partial charge is 0.392 e. The van der Waals surface area contributed by atoms with Gasteiger partial charge in [-0.25, -0.2) is 4.39 Å². The molecule has 21 heavy (non-hydrogen) atoms. The number of nitrogens with one attached hydrogen (secondary N) is 1. The highest BCUT2D eigenvalue weighted by Crippen LogP contribution is 2.28. The van der Waals surface area contributed by atoms with E-state index in [0.717, 1.165) is 24.8 Å². The molecular formula is C17H26FNO2. The fourth-order valence-corrected chi connectivity index (χ4v) is 3.09. The third kappa shape index (κ3) is 5.06. The molecule has 0 radical (unpaired) electrons. The van der Waals surface area contributed by atoms with E-state index in [-0.39, 0.29) is 18.0 Å². The molecule has 1 aromatic carbocycles. The summed E-state index contributed by atoms with van der Waals surface area (Å²) in [6.07, 6.45) is 5.22. The molecule has 0 aromatic heterocycles. The molecule has 0 bridgehead atoms. The Morgan fingerprint density at radius 3 is 2.57 bits per heavy atom. The second-order valence-corrected chi connectivity index (χ2v) is 5.91. The lowest BCUT2D eigenvalue weighted by Crippen LogP contribution is -2.34. The molecule has 0 aliphatic heterocycles. The van der Waals surface area contributed by atoms with Crippen LogP contribution in [0.4, 0.5) is 4.39 Å². The third-order valence-electron chi connectivity index (χ3n) is 4.40. The van der Waals surface area contributed by atoms with Gasteiger partial charge >= 0.3 is 0 Å². The summed E-state index contributed by atoms with van der Waals surface area (Å²) in [4.78, 5) is 0. The van der Waals surface area contributed by atoms with E-state index in [1.165, 1.54) is 25.0 Å². The second kappa shape index (κ2) is 8.47. The maximum atomic E-state index is 13.0. The van der Waals surface area contributed by atoms with E-state index < -0.39 is 0 Å². The highest BCUT2D eigenvalue weighted by molar-refractivity contribution is 5.20. The number of aliphatic hydroxyl groups is 1. The van der Waals surface area contributed by atoms with Gasteiger partial charge in [0.15, 0.2) is 0 Å². The van der Waals surface area contributed by atoms with Crippen molar-refractivity contribution in [2.75, 3.05) is 20.3 Å². The van der Waals surface area contributed by atoms with Gasteiger partial charge in [0.05, 0.1) is 6.10 Å². The van der Waals surface area contributed by atoms with Crippen molar-refractivity contribution >= 4 is 0 Å². The Kier molecular flexibility index (Phi) is 6.61. The zero-order valence-corrected chi connectivity index (χ0v) is 12.7. The van der Waals surface area contributed by atoms with Crippen molar-refractivity contribution in [2.24, 2.45) is 5.92 Å². The number of hydrogen-bond donors (Lipinski definition) is 2. The van der Waals surface area contributed by atoms with Gasteiger partial charge < -0.3 is 15.2 Å². The van der Waals surface area contributed by atoms with Gasteiger partial charge in [0.25, 0.3) is 0 Å². The first-order chi connectivity index (χ1) is 10.2. The Bertz CT molecular complexity index is 404. The van der Waals surface area contributed by atoms with Gasteiger partial charge in [0.1, 0.15) is 5.82 Å². The summed E-state index contributed by atoms with van der Waals surface area (Å²) in [6, 6.07) is 6.63. The normalized spacial score (nSPS) is 18.8. The van der Waals surface area contributed by atoms with Crippen LogP contribution in [0.5, 0.6) is 0 Å². The molecule has 4 heteroatoms. The van der Waals surface area contributed by atoms with Crippen LogP contribution in [0.3, 0.4) is 0 Å². The second-order valence-electron chi connectivity index (χ2n) is 5.91. The standard InChI is InChI=1S/C17H26FNO2/c1-21-11-10-16(13-6-8-15(18)9-7-13)19-12-17(20)14-4-2-3-5-14/h6-9,14,16-17,19-20H,2-5,10-12H2,1H3. The number of methoxy groups -OCH3 is 1. The maximum Gasteiger partial charge on any atom is 0.123 e. The molecule has 118 valence electrons. The predicted molar refractivity (Wildman–Crippen MR) is 81.6 cm³/mol. The smallest absolute Gasteiger partial charge is 0.123 e. The minimum atomic E-state index is -0.294. The number of hydrogen-bond acceptors (Lipinski definition) is 3. The molecule has 0 heterocycles. The molecule has 3 nitrogen and oxygen atoms in total. The summed E-state index contributed by atoms with van der Waals surface area (Å²) >= 11 is 0. The molecule has 1 saturated carbocycles. The Morgan fingerprint density at radius 2 is 1.95 bits per heavy atom. The molecule has 0 amide bonds. The summed E-state index contributed by atoms with van der Waals surface area (Å²) in [5, 5.41) is 13.7. The first kappa shape index (κ1) is 16.4. The highest BCUT2D eigenvalue weighted by Gasteiger charge is 2.23. The highest BCUT2D eigenvalue weighted by atomic mass is 19.1. The van der Waals surface area contributed by atoms with Gasteiger partial charge in [-0.3, -0.25) is 0 Å². The van der Waals surface area contributed by atoms with Crippen LogP contribution in [-0.2, 0) is 4.74 Å². The SMILES string of the molecule is COCCC(NCC(O)C1CCCC1)c1ccc(F)cc1. The quantitative estimate of drug-likeness (QED) is 0.774. The van der Waals surface area contributed by atoms with Crippen LogP contribution in [0.15, 0.2) is 24.3 Å². The molecule has 1 aliphatic rings. The molecule has 2 atom stereocenters. The summed E-state index contributed by atoms with van der Waals surface area (Å²) in [5.74, 6) is 0.198. The molecule has 2 N–H and O–H groups in total. The molecule has 1 aliphatic carbocycles. The average Bonchev–Trinajstić information content (AvgIpc) is 3.03. The first-order valence-corrected chi connectivity index (χ1v) is 7.86. The molecular weight excluding hydrogens is 269 g/mol. The Hall–Kier alpha value is -0.970. The van der Waals surface area contributed by atoms with Crippen LogP contribution in [0, 0.1) is 11.7 Å². The van der Waals surface area contributed by atoms with Crippen molar-refractivity contribution in [3.8, 4) is 0 Å². The van der Waals surface area contributed by atoms with Gasteiger partial charge in [0.2, 0.25) is 0 Å². The lowest BCUT2D eigenvalue weighted by molar-refractivity contribution is 0.103. The lowest BCUT2D eigenvalue weighted by Gasteiger charge is -2.24. The zero-order valence-electron chi connectivity index (χ0n) is 12.7. The fraction of sp³-hybridized carbons (Fsp3) is 0.647. The van der Waals surface area contributed by atoms with Crippen LogP contribution in [0.25, 0.3) is 0 Å². The van der Waals surface area contributed by atoms with Crippen molar-refractivity contribution in [3.63, 3.8) is 0 Å². The van der Waals surface area contributed by atoms with Crippen molar-refractivity contribution in [3.05, 3.63) is 35.6 Å². The Labute approximate surface area is 126 Å². The van der Waals surface area contributed by atoms with E-state index >= 15 is 0 Å². The van der Waals surface area contributed by atoms with Crippen molar-refractivity contribution in [1.82, 2.24) is 5.32 Å². The van der Waals surface area contributed by atoms with Crippen molar-refractivity contribution in [2.45, 2.75) is 44.2 Å². The fourth-order valence-electron chi connectivity index (χ4n) is 3.09. The molecule has 2 rings (SSSR count). The molecule has 1 aromatic rings. The molecule has 0 spiro atoms. The zero-order chi connectivity index (χ0) is 15.1. The molecule has 1 fully saturated rings. The number of ether oxygens (including phenoxy) is 1. The molecule has 0 saturated heterocycles. The first-order valence-electron chi connectivity index (χ1n) is 7.86. The Morgan fingerprint density at radius 1 is 1.29 bits per heavy atom. The number of benzene rings is 1. The number of aliphatic hydroxyl groups excluding tert-OH is 1. The minimum absolute atomic E-state index is 0.0848. The van der Waals surface area contributed by atoms with Gasteiger partial charge in [-0.15, -0.1) is 0 Å². The number of halogens is 1. The number of rotatable bonds is 8. The third-order valence-corrected chi connectivity index (χ3v) is 4.40. The van der Waals surface area contributed by atoms with Crippen LogP contribution >= 0.6 is 0 Å². The van der Waals surface area contributed by atoms with E-state index in [2.05, 4.69) is 5.32 Å². The van der Waals surface area contributed by atoms with E-state index in [1.54, 1.807) is 19.2 Å². The van der Waals surface area contributed by atoms with E-state index in [4.69, 9.17) is 4.74 Å². The van der Waals surface area contributed by atoms with Gasteiger partial charge in [0, 0.05) is 26.3 Å². The average molecular weight is 295 g/mol. The summed E-state index contributed by atoms with van der Waals surface area (Å²) in [6.45, 7) is 1.21. The predicted octanol–water partition coefficient (Wildman–Crippen LogP) is 3.04. The Balaban J connectivity index is 1.90. The van der Waals surface area contributed by atoms with Gasteiger partial charge in [-0.1, -0.05) is 25.0 Å². The van der Waals surface area contributed by atoms with Crippen LogP contribution in [-0.4, -0.2) is 31.5 Å². The van der Waals surface area contributed by atoms with E-state index in [9.17, 15) is 9.50 Å². The van der Waals surface area contributed by atoms with E-state index in [1.807, 2.05) is 0 Å². The lowest BCUT2D eigenvalue weighted by atomic mass is 9.99. The van der Waals surface area contributed by atoms with Crippen molar-refractivity contribution in [1.29, 1.82) is 0 Å². The monoisotopic (exact) mass is 295 g/mol. The van der Waals surface area contributed by atoms with Gasteiger partial charge in [-0.05, 0) is 42.9 Å². The van der Waals surface area contributed by atoms with Crippen LogP contribution in [0.2, 0.25) is 0 Å². The van der Waals surface area contributed by atoms with Crippen molar-refractivity contribution < 1.29 is 14.2 Å². The maximum absolute atomic E-state index is 13.0. The molecule has 2 unspecified atom stereocenters.